The SMILES string of the molecule is CC/C(=N/NS(=O)(=O)c1ccc(N)cc1)c1ccccc1. The molecule has 0 aliphatic rings. The van der Waals surface area contributed by atoms with Crippen LogP contribution >= 0.6 is 0 Å². The zero-order chi connectivity index (χ0) is 15.3. The highest BCUT2D eigenvalue weighted by atomic mass is 32.2. The van der Waals surface area contributed by atoms with E-state index in [9.17, 15) is 8.42 Å². The lowest BCUT2D eigenvalue weighted by Gasteiger charge is -2.07. The van der Waals surface area contributed by atoms with E-state index in [-0.39, 0.29) is 4.90 Å². The molecule has 0 fully saturated rings. The monoisotopic (exact) mass is 303 g/mol. The van der Waals surface area contributed by atoms with Gasteiger partial charge < -0.3 is 5.73 Å². The van der Waals surface area contributed by atoms with Crippen molar-refractivity contribution >= 4 is 21.4 Å². The number of hydrogen-bond donors (Lipinski definition) is 2. The molecule has 21 heavy (non-hydrogen) atoms. The van der Waals surface area contributed by atoms with Crippen LogP contribution in [0.3, 0.4) is 0 Å². The smallest absolute Gasteiger partial charge is 0.276 e. The first-order chi connectivity index (χ1) is 10.0. The van der Waals surface area contributed by atoms with Crippen LogP contribution in [0.5, 0.6) is 0 Å². The number of nitrogens with one attached hydrogen (secondary N) is 1. The molecule has 0 aromatic heterocycles. The van der Waals surface area contributed by atoms with E-state index in [0.717, 1.165) is 5.56 Å². The summed E-state index contributed by atoms with van der Waals surface area (Å²) >= 11 is 0. The molecule has 0 radical (unpaired) electrons. The van der Waals surface area contributed by atoms with Gasteiger partial charge in [-0.2, -0.15) is 18.4 Å². The Bertz CT molecular complexity index is 723. The molecular formula is C15H17N3O2S. The minimum Gasteiger partial charge on any atom is -0.399 e. The number of nitrogen functional groups attached to an aromatic ring is 1. The van der Waals surface area contributed by atoms with Crippen LogP contribution in [-0.4, -0.2) is 14.1 Å². The highest BCUT2D eigenvalue weighted by Gasteiger charge is 2.13. The lowest BCUT2D eigenvalue weighted by molar-refractivity contribution is 0.584. The van der Waals surface area contributed by atoms with E-state index in [1.807, 2.05) is 37.3 Å². The number of hydrazone groups is 1. The summed E-state index contributed by atoms with van der Waals surface area (Å²) in [6.45, 7) is 1.92. The number of nitrogens with zero attached hydrogens (tertiary/aromatic N) is 1. The van der Waals surface area contributed by atoms with Crippen molar-refractivity contribution in [3.63, 3.8) is 0 Å². The van der Waals surface area contributed by atoms with Gasteiger partial charge in [0.1, 0.15) is 0 Å². The standard InChI is InChI=1S/C15H17N3O2S/c1-2-15(12-6-4-3-5-7-12)17-18-21(19,20)14-10-8-13(16)9-11-14/h3-11,18H,2,16H2,1H3/b17-15-. The minimum atomic E-state index is -3.68. The van der Waals surface area contributed by atoms with Gasteiger partial charge in [-0.15, -0.1) is 0 Å². The third-order valence-electron chi connectivity index (χ3n) is 2.93. The van der Waals surface area contributed by atoms with Gasteiger partial charge in [-0.05, 0) is 36.2 Å². The van der Waals surface area contributed by atoms with Crippen molar-refractivity contribution in [3.8, 4) is 0 Å². The van der Waals surface area contributed by atoms with Gasteiger partial charge in [0.2, 0.25) is 0 Å². The van der Waals surface area contributed by atoms with E-state index in [1.165, 1.54) is 24.3 Å². The Kier molecular flexibility index (Phi) is 4.59. The average molecular weight is 303 g/mol. The molecule has 0 aliphatic carbocycles. The fourth-order valence-corrected chi connectivity index (χ4v) is 2.62. The molecule has 0 amide bonds. The fraction of sp³-hybridized carbons (Fsp3) is 0.133. The van der Waals surface area contributed by atoms with Crippen LogP contribution in [0, 0.1) is 0 Å². The number of anilines is 1. The lowest BCUT2D eigenvalue weighted by Crippen LogP contribution is -2.20. The summed E-state index contributed by atoms with van der Waals surface area (Å²) in [4.78, 5) is 2.39. The van der Waals surface area contributed by atoms with Gasteiger partial charge in [-0.3, -0.25) is 0 Å². The maximum atomic E-state index is 12.1. The van der Waals surface area contributed by atoms with Crippen LogP contribution in [0.4, 0.5) is 5.69 Å². The predicted molar refractivity (Wildman–Crippen MR) is 84.4 cm³/mol. The molecule has 110 valence electrons. The van der Waals surface area contributed by atoms with Crippen LogP contribution in [0.2, 0.25) is 0 Å². The van der Waals surface area contributed by atoms with E-state index in [0.29, 0.717) is 17.8 Å². The third-order valence-corrected chi connectivity index (χ3v) is 4.16. The first-order valence-corrected chi connectivity index (χ1v) is 8.00. The van der Waals surface area contributed by atoms with Crippen LogP contribution in [0.1, 0.15) is 18.9 Å². The van der Waals surface area contributed by atoms with Crippen molar-refractivity contribution in [2.75, 3.05) is 5.73 Å². The van der Waals surface area contributed by atoms with Crippen LogP contribution in [0.15, 0.2) is 64.6 Å². The lowest BCUT2D eigenvalue weighted by atomic mass is 10.1. The molecule has 0 bridgehead atoms. The van der Waals surface area contributed by atoms with E-state index in [1.54, 1.807) is 0 Å². The molecule has 0 unspecified atom stereocenters. The van der Waals surface area contributed by atoms with Crippen molar-refractivity contribution in [3.05, 3.63) is 60.2 Å². The Hall–Kier alpha value is -2.34. The maximum absolute atomic E-state index is 12.1. The van der Waals surface area contributed by atoms with Crippen LogP contribution in [-0.2, 0) is 10.0 Å². The maximum Gasteiger partial charge on any atom is 0.276 e. The molecule has 0 atom stereocenters. The van der Waals surface area contributed by atoms with Crippen molar-refractivity contribution in [2.45, 2.75) is 18.2 Å². The molecule has 0 saturated heterocycles. The molecule has 2 rings (SSSR count). The molecule has 2 aromatic carbocycles. The Balaban J connectivity index is 2.24. The summed E-state index contributed by atoms with van der Waals surface area (Å²) in [5.74, 6) is 0. The van der Waals surface area contributed by atoms with Gasteiger partial charge in [0.25, 0.3) is 10.0 Å². The van der Waals surface area contributed by atoms with E-state index < -0.39 is 10.0 Å². The first kappa shape index (κ1) is 15.1. The number of sulfonamides is 1. The second kappa shape index (κ2) is 6.41. The van der Waals surface area contributed by atoms with Gasteiger partial charge >= 0.3 is 0 Å². The number of rotatable bonds is 5. The molecule has 2 aromatic rings. The van der Waals surface area contributed by atoms with Gasteiger partial charge in [-0.1, -0.05) is 37.3 Å². The topological polar surface area (TPSA) is 84.5 Å². The Morgan fingerprint density at radius 3 is 2.29 bits per heavy atom. The molecule has 0 heterocycles. The molecular weight excluding hydrogens is 286 g/mol. The predicted octanol–water partition coefficient (Wildman–Crippen LogP) is 2.36. The molecule has 0 aliphatic heterocycles. The normalized spacial score (nSPS) is 12.1. The largest absolute Gasteiger partial charge is 0.399 e. The highest BCUT2D eigenvalue weighted by Crippen LogP contribution is 2.12. The highest BCUT2D eigenvalue weighted by molar-refractivity contribution is 7.89. The van der Waals surface area contributed by atoms with E-state index in [4.69, 9.17) is 5.73 Å². The summed E-state index contributed by atoms with van der Waals surface area (Å²) in [5, 5.41) is 4.03. The molecule has 0 saturated carbocycles. The number of nitrogens with two attached hydrogens (primary N) is 1. The number of benzene rings is 2. The summed E-state index contributed by atoms with van der Waals surface area (Å²) in [6, 6.07) is 15.4. The second-order valence-corrected chi connectivity index (χ2v) is 6.10. The molecule has 3 N–H and O–H groups in total. The second-order valence-electron chi connectivity index (χ2n) is 4.44. The van der Waals surface area contributed by atoms with Crippen molar-refractivity contribution in [2.24, 2.45) is 5.10 Å². The van der Waals surface area contributed by atoms with E-state index >= 15 is 0 Å². The summed E-state index contributed by atoms with van der Waals surface area (Å²) in [7, 11) is -3.68. The summed E-state index contributed by atoms with van der Waals surface area (Å²) in [5.41, 5.74) is 7.62. The fourth-order valence-electron chi connectivity index (χ4n) is 1.79. The van der Waals surface area contributed by atoms with Crippen LogP contribution in [0.25, 0.3) is 0 Å². The van der Waals surface area contributed by atoms with Gasteiger partial charge in [-0.25, -0.2) is 0 Å². The first-order valence-electron chi connectivity index (χ1n) is 6.52. The van der Waals surface area contributed by atoms with Crippen LogP contribution < -0.4 is 10.6 Å². The Labute approximate surface area is 124 Å². The third kappa shape index (κ3) is 3.82. The summed E-state index contributed by atoms with van der Waals surface area (Å²) < 4.78 is 24.3. The quantitative estimate of drug-likeness (QED) is 0.505. The Morgan fingerprint density at radius 2 is 1.71 bits per heavy atom. The van der Waals surface area contributed by atoms with Crippen molar-refractivity contribution in [1.29, 1.82) is 0 Å². The zero-order valence-electron chi connectivity index (χ0n) is 11.7. The Morgan fingerprint density at radius 1 is 1.10 bits per heavy atom. The molecule has 0 spiro atoms. The summed E-state index contributed by atoms with van der Waals surface area (Å²) in [6.07, 6.45) is 0.619. The van der Waals surface area contributed by atoms with Crippen molar-refractivity contribution in [1.82, 2.24) is 4.83 Å². The average Bonchev–Trinajstić information content (AvgIpc) is 2.49. The van der Waals surface area contributed by atoms with Crippen molar-refractivity contribution < 1.29 is 8.42 Å². The van der Waals surface area contributed by atoms with E-state index in [2.05, 4.69) is 9.93 Å². The zero-order valence-corrected chi connectivity index (χ0v) is 12.5. The molecule has 5 nitrogen and oxygen atoms in total. The number of hydrogen-bond acceptors (Lipinski definition) is 4. The van der Waals surface area contributed by atoms with Gasteiger partial charge in [0, 0.05) is 5.69 Å². The minimum absolute atomic E-state index is 0.129. The molecule has 6 heteroatoms. The van der Waals surface area contributed by atoms with Gasteiger partial charge in [0.05, 0.1) is 10.6 Å². The van der Waals surface area contributed by atoms with Gasteiger partial charge in [0.15, 0.2) is 0 Å².